The fourth-order valence-electron chi connectivity index (χ4n) is 3.03. The van der Waals surface area contributed by atoms with E-state index in [0.717, 1.165) is 4.88 Å². The number of rotatable bonds is 4. The summed E-state index contributed by atoms with van der Waals surface area (Å²) in [5.74, 6) is -0.973. The molecule has 9 heteroatoms. The summed E-state index contributed by atoms with van der Waals surface area (Å²) in [6.07, 6.45) is 1.62. The Balaban J connectivity index is 1.68. The summed E-state index contributed by atoms with van der Waals surface area (Å²) in [6.45, 7) is 3.99. The lowest BCUT2D eigenvalue weighted by Gasteiger charge is -2.11. The Morgan fingerprint density at radius 2 is 1.80 bits per heavy atom. The van der Waals surface area contributed by atoms with Crippen LogP contribution in [0.15, 0.2) is 54.0 Å². The van der Waals surface area contributed by atoms with Crippen LogP contribution in [-0.2, 0) is 0 Å². The molecule has 0 atom stereocenters. The Morgan fingerprint density at radius 1 is 1.07 bits per heavy atom. The molecule has 0 aliphatic rings. The monoisotopic (exact) mass is 439 g/mol. The standard InChI is InChI=1S/C21H18ClN5O2S/c1-12(2)27-19-15(11-23-27)14(10-17(24-19)18-8-5-9-30-18)21(29)26-25-20(28)13-6-3-4-7-16(13)22/h3-12H,1-2H3,(H,25,28)(H,26,29). The SMILES string of the molecule is CC(C)n1ncc2c(C(=O)NNC(=O)c3ccccc3Cl)cc(-c3cccs3)nc21. The molecule has 4 rings (SSSR count). The maximum Gasteiger partial charge on any atom is 0.271 e. The molecule has 2 amide bonds. The number of amides is 2. The first kappa shape index (κ1) is 20.1. The summed E-state index contributed by atoms with van der Waals surface area (Å²) in [6, 6.07) is 12.3. The number of hydrogen-bond donors (Lipinski definition) is 2. The van der Waals surface area contributed by atoms with Gasteiger partial charge < -0.3 is 0 Å². The first-order valence-electron chi connectivity index (χ1n) is 9.23. The third-order valence-corrected chi connectivity index (χ3v) is 5.70. The molecule has 0 unspecified atom stereocenters. The second-order valence-electron chi connectivity index (χ2n) is 6.84. The van der Waals surface area contributed by atoms with E-state index >= 15 is 0 Å². The van der Waals surface area contributed by atoms with Crippen molar-refractivity contribution in [2.24, 2.45) is 0 Å². The van der Waals surface area contributed by atoms with E-state index in [1.807, 2.05) is 31.4 Å². The maximum absolute atomic E-state index is 13.0. The number of halogens is 1. The summed E-state index contributed by atoms with van der Waals surface area (Å²) in [5.41, 5.74) is 6.81. The molecule has 0 saturated carbocycles. The van der Waals surface area contributed by atoms with Gasteiger partial charge in [0.25, 0.3) is 11.8 Å². The molecule has 0 saturated heterocycles. The number of nitrogens with one attached hydrogen (secondary N) is 2. The highest BCUT2D eigenvalue weighted by atomic mass is 35.5. The van der Waals surface area contributed by atoms with Gasteiger partial charge in [0.1, 0.15) is 0 Å². The van der Waals surface area contributed by atoms with Gasteiger partial charge >= 0.3 is 0 Å². The van der Waals surface area contributed by atoms with Gasteiger partial charge in [-0.25, -0.2) is 9.67 Å². The summed E-state index contributed by atoms with van der Waals surface area (Å²) in [7, 11) is 0. The second-order valence-corrected chi connectivity index (χ2v) is 8.20. The number of benzene rings is 1. The molecule has 7 nitrogen and oxygen atoms in total. The van der Waals surface area contributed by atoms with Gasteiger partial charge in [-0.05, 0) is 43.5 Å². The number of pyridine rings is 1. The van der Waals surface area contributed by atoms with Crippen molar-refractivity contribution in [3.05, 3.63) is 70.2 Å². The molecule has 152 valence electrons. The van der Waals surface area contributed by atoms with Crippen LogP contribution in [0.5, 0.6) is 0 Å². The molecular formula is C21H18ClN5O2S. The second kappa shape index (κ2) is 8.25. The van der Waals surface area contributed by atoms with E-state index < -0.39 is 11.8 Å². The molecule has 30 heavy (non-hydrogen) atoms. The Hall–Kier alpha value is -3.23. The van der Waals surface area contributed by atoms with E-state index in [1.165, 1.54) is 11.3 Å². The van der Waals surface area contributed by atoms with E-state index in [-0.39, 0.29) is 11.6 Å². The zero-order valence-electron chi connectivity index (χ0n) is 16.2. The van der Waals surface area contributed by atoms with Crippen molar-refractivity contribution in [1.29, 1.82) is 0 Å². The number of hydrazine groups is 1. The largest absolute Gasteiger partial charge is 0.271 e. The van der Waals surface area contributed by atoms with Crippen LogP contribution in [0.1, 0.15) is 40.6 Å². The molecule has 0 aliphatic carbocycles. The van der Waals surface area contributed by atoms with Crippen molar-refractivity contribution in [3.63, 3.8) is 0 Å². The van der Waals surface area contributed by atoms with Gasteiger partial charge in [0, 0.05) is 6.04 Å². The van der Waals surface area contributed by atoms with E-state index in [1.54, 1.807) is 41.2 Å². The highest BCUT2D eigenvalue weighted by Gasteiger charge is 2.20. The molecule has 4 aromatic rings. The van der Waals surface area contributed by atoms with Crippen molar-refractivity contribution >= 4 is 45.8 Å². The molecular weight excluding hydrogens is 422 g/mol. The zero-order chi connectivity index (χ0) is 21.3. The molecule has 3 aromatic heterocycles. The smallest absolute Gasteiger partial charge is 0.267 e. The molecule has 0 bridgehead atoms. The number of aromatic nitrogens is 3. The van der Waals surface area contributed by atoms with Crippen LogP contribution >= 0.6 is 22.9 Å². The minimum Gasteiger partial charge on any atom is -0.267 e. The topological polar surface area (TPSA) is 88.9 Å². The molecule has 2 N–H and O–H groups in total. The third kappa shape index (κ3) is 3.79. The van der Waals surface area contributed by atoms with Crippen molar-refractivity contribution in [2.45, 2.75) is 19.9 Å². The van der Waals surface area contributed by atoms with Crippen LogP contribution in [0, 0.1) is 0 Å². The number of carbonyl (C=O) groups is 2. The molecule has 0 aliphatic heterocycles. The fraction of sp³-hybridized carbons (Fsp3) is 0.143. The Bertz CT molecular complexity index is 1230. The number of fused-ring (bicyclic) bond motifs is 1. The lowest BCUT2D eigenvalue weighted by Crippen LogP contribution is -2.41. The molecule has 0 fully saturated rings. The fourth-order valence-corrected chi connectivity index (χ4v) is 3.94. The van der Waals surface area contributed by atoms with Crippen LogP contribution in [0.2, 0.25) is 5.02 Å². The van der Waals surface area contributed by atoms with Crippen LogP contribution in [0.25, 0.3) is 21.6 Å². The minimum absolute atomic E-state index is 0.0735. The third-order valence-electron chi connectivity index (χ3n) is 4.48. The zero-order valence-corrected chi connectivity index (χ0v) is 17.8. The van der Waals surface area contributed by atoms with E-state index in [4.69, 9.17) is 16.6 Å². The van der Waals surface area contributed by atoms with E-state index in [2.05, 4.69) is 16.0 Å². The summed E-state index contributed by atoms with van der Waals surface area (Å²) >= 11 is 7.58. The number of thiophene rings is 1. The predicted molar refractivity (Wildman–Crippen MR) is 118 cm³/mol. The van der Waals surface area contributed by atoms with Crippen molar-refractivity contribution in [1.82, 2.24) is 25.6 Å². The van der Waals surface area contributed by atoms with Crippen LogP contribution in [-0.4, -0.2) is 26.6 Å². The first-order chi connectivity index (χ1) is 14.5. The molecule has 0 radical (unpaired) electrons. The number of carbonyl (C=O) groups excluding carboxylic acids is 2. The van der Waals surface area contributed by atoms with Crippen LogP contribution in [0.3, 0.4) is 0 Å². The maximum atomic E-state index is 13.0. The van der Waals surface area contributed by atoms with Crippen molar-refractivity contribution in [2.75, 3.05) is 0 Å². The van der Waals surface area contributed by atoms with Gasteiger partial charge in [-0.1, -0.05) is 29.8 Å². The van der Waals surface area contributed by atoms with Crippen molar-refractivity contribution < 1.29 is 9.59 Å². The van der Waals surface area contributed by atoms with Gasteiger partial charge in [-0.2, -0.15) is 5.10 Å². The Labute approximate surface area is 181 Å². The van der Waals surface area contributed by atoms with Gasteiger partial charge in [0.2, 0.25) is 0 Å². The highest BCUT2D eigenvalue weighted by molar-refractivity contribution is 7.13. The van der Waals surface area contributed by atoms with Gasteiger partial charge in [0.05, 0.1) is 38.3 Å². The summed E-state index contributed by atoms with van der Waals surface area (Å²) in [4.78, 5) is 31.0. The first-order valence-corrected chi connectivity index (χ1v) is 10.5. The number of nitrogens with zero attached hydrogens (tertiary/aromatic N) is 3. The number of hydrogen-bond acceptors (Lipinski definition) is 5. The summed E-state index contributed by atoms with van der Waals surface area (Å²) in [5, 5.41) is 7.24. The predicted octanol–water partition coefficient (Wildman–Crippen LogP) is 4.47. The molecule has 3 heterocycles. The van der Waals surface area contributed by atoms with Gasteiger partial charge in [-0.3, -0.25) is 20.4 Å². The molecule has 1 aromatic carbocycles. The average molecular weight is 440 g/mol. The van der Waals surface area contributed by atoms with Crippen molar-refractivity contribution in [3.8, 4) is 10.6 Å². The highest BCUT2D eigenvalue weighted by Crippen LogP contribution is 2.28. The Kier molecular flexibility index (Phi) is 5.52. The molecule has 0 spiro atoms. The van der Waals surface area contributed by atoms with E-state index in [0.29, 0.717) is 27.3 Å². The lowest BCUT2D eigenvalue weighted by molar-refractivity contribution is 0.0847. The van der Waals surface area contributed by atoms with Gasteiger partial charge in [0.15, 0.2) is 5.65 Å². The Morgan fingerprint density at radius 3 is 2.47 bits per heavy atom. The van der Waals surface area contributed by atoms with Crippen LogP contribution in [0.4, 0.5) is 0 Å². The minimum atomic E-state index is -0.504. The summed E-state index contributed by atoms with van der Waals surface area (Å²) < 4.78 is 1.77. The van der Waals surface area contributed by atoms with Crippen LogP contribution < -0.4 is 10.9 Å². The lowest BCUT2D eigenvalue weighted by atomic mass is 10.1. The van der Waals surface area contributed by atoms with Gasteiger partial charge in [-0.15, -0.1) is 11.3 Å². The average Bonchev–Trinajstić information content (AvgIpc) is 3.41. The quantitative estimate of drug-likeness (QED) is 0.459. The van der Waals surface area contributed by atoms with E-state index in [9.17, 15) is 9.59 Å². The normalized spacial score (nSPS) is 11.1.